The predicted octanol–water partition coefficient (Wildman–Crippen LogP) is 0.347. The third-order valence-corrected chi connectivity index (χ3v) is 2.24. The molecule has 2 heterocycles. The van der Waals surface area contributed by atoms with Gasteiger partial charge in [0.1, 0.15) is 5.52 Å². The van der Waals surface area contributed by atoms with Crippen molar-refractivity contribution in [3.63, 3.8) is 0 Å². The predicted molar refractivity (Wildman–Crippen MR) is 60.6 cm³/mol. The van der Waals surface area contributed by atoms with E-state index in [2.05, 4.69) is 21.5 Å². The van der Waals surface area contributed by atoms with E-state index in [1.807, 2.05) is 4.57 Å². The van der Waals surface area contributed by atoms with Gasteiger partial charge in [0.2, 0.25) is 5.95 Å². The number of hydrogen-bond acceptors (Lipinski definition) is 5. The SMILES string of the molecule is C=C(CCO)Cn1cnc2cnc(N)nc21. The molecular weight excluding hydrogens is 206 g/mol. The van der Waals surface area contributed by atoms with Gasteiger partial charge in [-0.25, -0.2) is 9.97 Å². The average molecular weight is 219 g/mol. The van der Waals surface area contributed by atoms with Crippen LogP contribution in [0, 0.1) is 0 Å². The first-order valence-electron chi connectivity index (χ1n) is 4.91. The zero-order chi connectivity index (χ0) is 11.5. The Morgan fingerprint density at radius 1 is 1.50 bits per heavy atom. The lowest BCUT2D eigenvalue weighted by molar-refractivity contribution is 0.297. The van der Waals surface area contributed by atoms with Gasteiger partial charge in [0.15, 0.2) is 5.65 Å². The van der Waals surface area contributed by atoms with Crippen molar-refractivity contribution in [1.82, 2.24) is 19.5 Å². The summed E-state index contributed by atoms with van der Waals surface area (Å²) in [5.41, 5.74) is 7.82. The first-order chi connectivity index (χ1) is 7.70. The molecule has 0 fully saturated rings. The van der Waals surface area contributed by atoms with Crippen LogP contribution in [-0.4, -0.2) is 31.2 Å². The van der Waals surface area contributed by atoms with Crippen LogP contribution in [0.25, 0.3) is 11.2 Å². The van der Waals surface area contributed by atoms with E-state index in [1.54, 1.807) is 12.5 Å². The van der Waals surface area contributed by atoms with E-state index in [4.69, 9.17) is 10.8 Å². The summed E-state index contributed by atoms with van der Waals surface area (Å²) >= 11 is 0. The first-order valence-corrected chi connectivity index (χ1v) is 4.91. The molecular formula is C10H13N5O. The van der Waals surface area contributed by atoms with Crippen LogP contribution in [0.1, 0.15) is 6.42 Å². The lowest BCUT2D eigenvalue weighted by Crippen LogP contribution is -2.03. The van der Waals surface area contributed by atoms with Crippen LogP contribution in [-0.2, 0) is 6.54 Å². The van der Waals surface area contributed by atoms with Gasteiger partial charge in [-0.05, 0) is 6.42 Å². The smallest absolute Gasteiger partial charge is 0.222 e. The molecule has 2 aromatic rings. The van der Waals surface area contributed by atoms with Crippen molar-refractivity contribution < 1.29 is 5.11 Å². The minimum absolute atomic E-state index is 0.0998. The quantitative estimate of drug-likeness (QED) is 0.724. The third-order valence-electron chi connectivity index (χ3n) is 2.24. The largest absolute Gasteiger partial charge is 0.396 e. The summed E-state index contributed by atoms with van der Waals surface area (Å²) in [5, 5.41) is 8.79. The maximum Gasteiger partial charge on any atom is 0.222 e. The highest BCUT2D eigenvalue weighted by atomic mass is 16.2. The number of hydrogen-bond donors (Lipinski definition) is 2. The number of anilines is 1. The van der Waals surface area contributed by atoms with Gasteiger partial charge in [0, 0.05) is 13.2 Å². The number of rotatable bonds is 4. The molecule has 6 nitrogen and oxygen atoms in total. The number of nitrogen functional groups attached to an aromatic ring is 1. The lowest BCUT2D eigenvalue weighted by atomic mass is 10.2. The maximum atomic E-state index is 8.79. The summed E-state index contributed by atoms with van der Waals surface area (Å²) in [6, 6.07) is 0. The maximum absolute atomic E-state index is 8.79. The fraction of sp³-hybridized carbons (Fsp3) is 0.300. The van der Waals surface area contributed by atoms with Crippen LogP contribution in [0.4, 0.5) is 5.95 Å². The lowest BCUT2D eigenvalue weighted by Gasteiger charge is -2.05. The molecule has 3 N–H and O–H groups in total. The monoisotopic (exact) mass is 219 g/mol. The van der Waals surface area contributed by atoms with Gasteiger partial charge < -0.3 is 15.4 Å². The Bertz CT molecular complexity index is 519. The number of aliphatic hydroxyl groups excluding tert-OH is 1. The number of nitrogens with two attached hydrogens (primary N) is 1. The van der Waals surface area contributed by atoms with Crippen LogP contribution in [0.3, 0.4) is 0 Å². The molecule has 6 heteroatoms. The molecule has 0 aliphatic heterocycles. The van der Waals surface area contributed by atoms with Gasteiger partial charge in [-0.15, -0.1) is 0 Å². The summed E-state index contributed by atoms with van der Waals surface area (Å²) in [5.74, 6) is 0.224. The summed E-state index contributed by atoms with van der Waals surface area (Å²) < 4.78 is 1.84. The van der Waals surface area contributed by atoms with Crippen molar-refractivity contribution in [3.8, 4) is 0 Å². The van der Waals surface area contributed by atoms with Gasteiger partial charge in [0.05, 0.1) is 12.5 Å². The average Bonchev–Trinajstić information content (AvgIpc) is 2.61. The normalized spacial score (nSPS) is 10.8. The Hall–Kier alpha value is -1.95. The zero-order valence-corrected chi connectivity index (χ0v) is 8.80. The Balaban J connectivity index is 2.30. The molecule has 0 radical (unpaired) electrons. The standard InChI is InChI=1S/C10H13N5O/c1-7(2-3-16)5-15-6-13-8-4-12-10(11)14-9(8)15/h4,6,16H,1-3,5H2,(H2,11,12,14). The minimum atomic E-state index is 0.0998. The highest BCUT2D eigenvalue weighted by Gasteiger charge is 2.06. The molecule has 0 spiro atoms. The molecule has 2 aromatic heterocycles. The summed E-state index contributed by atoms with van der Waals surface area (Å²) in [6.45, 7) is 4.54. The minimum Gasteiger partial charge on any atom is -0.396 e. The van der Waals surface area contributed by atoms with Crippen LogP contribution in [0.5, 0.6) is 0 Å². The van der Waals surface area contributed by atoms with Crippen molar-refractivity contribution in [2.75, 3.05) is 12.3 Å². The van der Waals surface area contributed by atoms with Crippen molar-refractivity contribution in [2.24, 2.45) is 0 Å². The van der Waals surface area contributed by atoms with E-state index in [9.17, 15) is 0 Å². The Labute approximate surface area is 92.5 Å². The molecule has 0 amide bonds. The molecule has 0 saturated heterocycles. The molecule has 0 aliphatic carbocycles. The number of aromatic nitrogens is 4. The van der Waals surface area contributed by atoms with Crippen LogP contribution in [0.15, 0.2) is 24.7 Å². The molecule has 0 atom stereocenters. The topological polar surface area (TPSA) is 89.8 Å². The number of aliphatic hydroxyl groups is 1. The second-order valence-corrected chi connectivity index (χ2v) is 3.53. The highest BCUT2D eigenvalue weighted by Crippen LogP contribution is 2.12. The number of fused-ring (bicyclic) bond motifs is 1. The second kappa shape index (κ2) is 4.28. The molecule has 0 aliphatic rings. The van der Waals surface area contributed by atoms with Gasteiger partial charge in [-0.3, -0.25) is 0 Å². The molecule has 84 valence electrons. The summed E-state index contributed by atoms with van der Waals surface area (Å²) in [6.07, 6.45) is 3.82. The molecule has 0 unspecified atom stereocenters. The van der Waals surface area contributed by atoms with Crippen LogP contribution in [0.2, 0.25) is 0 Å². The Kier molecular flexibility index (Phi) is 2.82. The van der Waals surface area contributed by atoms with E-state index < -0.39 is 0 Å². The van der Waals surface area contributed by atoms with Crippen molar-refractivity contribution in [3.05, 3.63) is 24.7 Å². The van der Waals surface area contributed by atoms with Crippen molar-refractivity contribution >= 4 is 17.1 Å². The summed E-state index contributed by atoms with van der Waals surface area (Å²) in [7, 11) is 0. The van der Waals surface area contributed by atoms with Gasteiger partial charge in [0.25, 0.3) is 0 Å². The molecule has 0 saturated carbocycles. The summed E-state index contributed by atoms with van der Waals surface area (Å²) in [4.78, 5) is 12.1. The van der Waals surface area contributed by atoms with Gasteiger partial charge >= 0.3 is 0 Å². The molecule has 16 heavy (non-hydrogen) atoms. The van der Waals surface area contributed by atoms with E-state index in [0.717, 1.165) is 5.57 Å². The fourth-order valence-electron chi connectivity index (χ4n) is 1.46. The van der Waals surface area contributed by atoms with E-state index in [-0.39, 0.29) is 12.6 Å². The highest BCUT2D eigenvalue weighted by molar-refractivity contribution is 5.70. The molecule has 0 bridgehead atoms. The molecule has 2 rings (SSSR count). The van der Waals surface area contributed by atoms with Crippen LogP contribution >= 0.6 is 0 Å². The number of imidazole rings is 1. The first kappa shape index (κ1) is 10.6. The van der Waals surface area contributed by atoms with Gasteiger partial charge in [-0.2, -0.15) is 4.98 Å². The van der Waals surface area contributed by atoms with E-state index in [0.29, 0.717) is 24.1 Å². The van der Waals surface area contributed by atoms with Crippen molar-refractivity contribution in [1.29, 1.82) is 0 Å². The fourth-order valence-corrected chi connectivity index (χ4v) is 1.46. The van der Waals surface area contributed by atoms with E-state index >= 15 is 0 Å². The van der Waals surface area contributed by atoms with Crippen LogP contribution < -0.4 is 5.73 Å². The second-order valence-electron chi connectivity index (χ2n) is 3.53. The van der Waals surface area contributed by atoms with E-state index in [1.165, 1.54) is 0 Å². The van der Waals surface area contributed by atoms with Crippen molar-refractivity contribution in [2.45, 2.75) is 13.0 Å². The third kappa shape index (κ3) is 2.01. The molecule has 0 aromatic carbocycles. The Morgan fingerprint density at radius 2 is 2.31 bits per heavy atom. The zero-order valence-electron chi connectivity index (χ0n) is 8.80. The van der Waals surface area contributed by atoms with Gasteiger partial charge in [-0.1, -0.05) is 12.2 Å². The number of nitrogens with zero attached hydrogens (tertiary/aromatic N) is 4. The Morgan fingerprint density at radius 3 is 3.06 bits per heavy atom.